The molecule has 0 atom stereocenters. The molecule has 0 bridgehead atoms. The second kappa shape index (κ2) is 10.5. The van der Waals surface area contributed by atoms with E-state index in [1.165, 1.54) is 19.4 Å². The van der Waals surface area contributed by atoms with Gasteiger partial charge in [-0.2, -0.15) is 13.2 Å². The van der Waals surface area contributed by atoms with Gasteiger partial charge in [0, 0.05) is 32.4 Å². The van der Waals surface area contributed by atoms with Gasteiger partial charge in [0.25, 0.3) is 0 Å². The third kappa shape index (κ3) is 6.02. The van der Waals surface area contributed by atoms with Crippen molar-refractivity contribution < 1.29 is 17.9 Å². The molecule has 0 fully saturated rings. The average Bonchev–Trinajstić information content (AvgIpc) is 3.20. The summed E-state index contributed by atoms with van der Waals surface area (Å²) < 4.78 is 46.8. The number of imidazole rings is 1. The van der Waals surface area contributed by atoms with Gasteiger partial charge in [-0.25, -0.2) is 15.0 Å². The molecule has 2 heterocycles. The highest BCUT2D eigenvalue weighted by Gasteiger charge is 2.31. The van der Waals surface area contributed by atoms with Crippen molar-refractivity contribution >= 4 is 34.0 Å². The molecule has 2 aromatic carbocycles. The normalized spacial score (nSPS) is 11.8. The van der Waals surface area contributed by atoms with Gasteiger partial charge in [0.05, 0.1) is 35.2 Å². The van der Waals surface area contributed by atoms with Gasteiger partial charge in [-0.05, 0) is 38.4 Å². The second-order valence-corrected chi connectivity index (χ2v) is 8.85. The quantitative estimate of drug-likeness (QED) is 0.318. The number of hydrogen-bond donors (Lipinski definition) is 2. The van der Waals surface area contributed by atoms with Gasteiger partial charge in [0.1, 0.15) is 18.0 Å². The van der Waals surface area contributed by atoms with Crippen molar-refractivity contribution in [3.63, 3.8) is 0 Å². The first-order valence-corrected chi connectivity index (χ1v) is 11.5. The van der Waals surface area contributed by atoms with Crippen molar-refractivity contribution in [3.8, 4) is 17.3 Å². The Kier molecular flexibility index (Phi) is 7.39. The molecule has 2 aromatic heterocycles. The van der Waals surface area contributed by atoms with E-state index in [9.17, 15) is 13.2 Å². The summed E-state index contributed by atoms with van der Waals surface area (Å²) in [4.78, 5) is 17.2. The highest BCUT2D eigenvalue weighted by molar-refractivity contribution is 5.81. The molecule has 0 amide bonds. The number of methoxy groups -OCH3 is 1. The topological polar surface area (TPSA) is 97.4 Å². The predicted molar refractivity (Wildman–Crippen MR) is 139 cm³/mol. The SMILES string of the molecule is COc1cc(N(C)CCN(C)C)c(N)cc1Nc1nccc(-c2nc3ccccc3n2CC(F)(F)F)n1. The van der Waals surface area contributed by atoms with Crippen molar-refractivity contribution in [3.05, 3.63) is 48.7 Å². The van der Waals surface area contributed by atoms with E-state index in [1.807, 2.05) is 32.1 Å². The van der Waals surface area contributed by atoms with E-state index in [1.54, 1.807) is 30.3 Å². The van der Waals surface area contributed by atoms with Crippen LogP contribution in [0.5, 0.6) is 5.75 Å². The number of hydrogen-bond acceptors (Lipinski definition) is 8. The Balaban J connectivity index is 1.67. The number of para-hydroxylation sites is 2. The van der Waals surface area contributed by atoms with Crippen molar-refractivity contribution in [2.45, 2.75) is 12.7 Å². The van der Waals surface area contributed by atoms with Gasteiger partial charge in [-0.15, -0.1) is 0 Å². The number of likely N-dealkylation sites (N-methyl/N-ethyl adjacent to an activating group) is 2. The summed E-state index contributed by atoms with van der Waals surface area (Å²) in [5.41, 5.74) is 9.23. The van der Waals surface area contributed by atoms with Crippen LogP contribution in [0.25, 0.3) is 22.6 Å². The van der Waals surface area contributed by atoms with Crippen LogP contribution >= 0.6 is 0 Å². The van der Waals surface area contributed by atoms with Crippen molar-refractivity contribution in [1.82, 2.24) is 24.4 Å². The molecule has 0 aliphatic rings. The number of alkyl halides is 3. The lowest BCUT2D eigenvalue weighted by molar-refractivity contribution is -0.139. The highest BCUT2D eigenvalue weighted by atomic mass is 19.4. The fourth-order valence-electron chi connectivity index (χ4n) is 3.93. The van der Waals surface area contributed by atoms with Gasteiger partial charge in [0.2, 0.25) is 5.95 Å². The molecule has 0 aliphatic carbocycles. The van der Waals surface area contributed by atoms with Crippen LogP contribution in [0.4, 0.5) is 36.2 Å². The maximum Gasteiger partial charge on any atom is 0.406 e. The van der Waals surface area contributed by atoms with Crippen LogP contribution in [0.3, 0.4) is 0 Å². The van der Waals surface area contributed by atoms with Crippen LogP contribution in [0, 0.1) is 0 Å². The molecule has 12 heteroatoms. The van der Waals surface area contributed by atoms with Crippen LogP contribution in [-0.4, -0.2) is 71.9 Å². The number of fused-ring (bicyclic) bond motifs is 1. The fourth-order valence-corrected chi connectivity index (χ4v) is 3.93. The van der Waals surface area contributed by atoms with E-state index in [-0.39, 0.29) is 17.5 Å². The summed E-state index contributed by atoms with van der Waals surface area (Å²) in [5, 5.41) is 3.08. The van der Waals surface area contributed by atoms with Crippen molar-refractivity contribution in [2.24, 2.45) is 0 Å². The molecular formula is C25H29F3N8O. The molecule has 0 unspecified atom stereocenters. The third-order valence-corrected chi connectivity index (χ3v) is 5.77. The number of nitrogens with two attached hydrogens (primary N) is 1. The molecule has 196 valence electrons. The Morgan fingerprint density at radius 2 is 1.81 bits per heavy atom. The summed E-state index contributed by atoms with van der Waals surface area (Å²) in [5.74, 6) is 0.766. The number of anilines is 4. The van der Waals surface area contributed by atoms with Gasteiger partial charge in [-0.1, -0.05) is 12.1 Å². The maximum atomic E-state index is 13.4. The molecule has 4 aromatic rings. The lowest BCUT2D eigenvalue weighted by Crippen LogP contribution is -2.29. The molecule has 0 aliphatic heterocycles. The zero-order valence-corrected chi connectivity index (χ0v) is 21.0. The molecule has 37 heavy (non-hydrogen) atoms. The van der Waals surface area contributed by atoms with E-state index < -0.39 is 12.7 Å². The van der Waals surface area contributed by atoms with Crippen LogP contribution in [0.2, 0.25) is 0 Å². The smallest absolute Gasteiger partial charge is 0.406 e. The molecule has 4 rings (SSSR count). The standard InChI is InChI=1S/C25H29F3N8O/c1-34(2)11-12-35(3)21-14-22(37-4)19(13-16(21)29)33-24-30-10-9-18(32-24)23-31-17-7-5-6-8-20(17)36(23)15-25(26,27)28/h5-10,13-14H,11-12,15,29H2,1-4H3,(H,30,32,33). The summed E-state index contributed by atoms with van der Waals surface area (Å²) in [7, 11) is 7.48. The number of rotatable bonds is 9. The summed E-state index contributed by atoms with van der Waals surface area (Å²) >= 11 is 0. The van der Waals surface area contributed by atoms with E-state index in [0.717, 1.165) is 23.3 Å². The largest absolute Gasteiger partial charge is 0.494 e. The van der Waals surface area contributed by atoms with E-state index in [2.05, 4.69) is 25.2 Å². The molecule has 0 saturated carbocycles. The Hall–Kier alpha value is -4.06. The average molecular weight is 515 g/mol. The Labute approximate surface area is 212 Å². The lowest BCUT2D eigenvalue weighted by Gasteiger charge is -2.24. The molecule has 0 radical (unpaired) electrons. The van der Waals surface area contributed by atoms with E-state index in [0.29, 0.717) is 28.2 Å². The minimum Gasteiger partial charge on any atom is -0.494 e. The number of nitrogen functional groups attached to an aromatic ring is 1. The number of aromatic nitrogens is 4. The molecular weight excluding hydrogens is 485 g/mol. The Bertz CT molecular complexity index is 1390. The number of ether oxygens (including phenoxy) is 1. The zero-order valence-electron chi connectivity index (χ0n) is 21.0. The minimum atomic E-state index is -4.43. The van der Waals surface area contributed by atoms with Crippen LogP contribution < -0.4 is 20.7 Å². The summed E-state index contributed by atoms with van der Waals surface area (Å²) in [6, 6.07) is 11.7. The monoisotopic (exact) mass is 514 g/mol. The highest BCUT2D eigenvalue weighted by Crippen LogP contribution is 2.36. The number of halogens is 3. The number of benzene rings is 2. The van der Waals surface area contributed by atoms with Crippen molar-refractivity contribution in [1.29, 1.82) is 0 Å². The van der Waals surface area contributed by atoms with Crippen LogP contribution in [0.15, 0.2) is 48.7 Å². The third-order valence-electron chi connectivity index (χ3n) is 5.77. The summed E-state index contributed by atoms with van der Waals surface area (Å²) in [6.45, 7) is 0.415. The molecule has 0 spiro atoms. The maximum absolute atomic E-state index is 13.4. The van der Waals surface area contributed by atoms with Gasteiger partial charge in [-0.3, -0.25) is 0 Å². The Morgan fingerprint density at radius 3 is 2.51 bits per heavy atom. The fraction of sp³-hybridized carbons (Fsp3) is 0.320. The van der Waals surface area contributed by atoms with E-state index >= 15 is 0 Å². The molecule has 0 saturated heterocycles. The zero-order chi connectivity index (χ0) is 26.7. The second-order valence-electron chi connectivity index (χ2n) is 8.85. The first-order valence-electron chi connectivity index (χ1n) is 11.5. The number of nitrogens with one attached hydrogen (secondary N) is 1. The van der Waals surface area contributed by atoms with E-state index in [4.69, 9.17) is 10.5 Å². The van der Waals surface area contributed by atoms with Gasteiger partial charge in [0.15, 0.2) is 5.82 Å². The van der Waals surface area contributed by atoms with Gasteiger partial charge >= 0.3 is 6.18 Å². The predicted octanol–water partition coefficient (Wildman–Crippen LogP) is 4.39. The summed E-state index contributed by atoms with van der Waals surface area (Å²) in [6.07, 6.45) is -2.97. The number of nitrogens with zero attached hydrogens (tertiary/aromatic N) is 6. The first-order chi connectivity index (χ1) is 17.6. The Morgan fingerprint density at radius 1 is 1.05 bits per heavy atom. The van der Waals surface area contributed by atoms with Crippen LogP contribution in [-0.2, 0) is 6.54 Å². The van der Waals surface area contributed by atoms with Crippen LogP contribution in [0.1, 0.15) is 0 Å². The van der Waals surface area contributed by atoms with Crippen molar-refractivity contribution in [2.75, 3.05) is 57.3 Å². The minimum absolute atomic E-state index is 0.0910. The molecule has 3 N–H and O–H groups in total. The first kappa shape index (κ1) is 26.0. The molecule has 9 nitrogen and oxygen atoms in total. The lowest BCUT2D eigenvalue weighted by atomic mass is 10.2. The van der Waals surface area contributed by atoms with Gasteiger partial charge < -0.3 is 30.2 Å².